The molecule has 0 fully saturated rings. The highest BCUT2D eigenvalue weighted by Crippen LogP contribution is 2.29. The van der Waals surface area contributed by atoms with Crippen molar-refractivity contribution in [3.8, 4) is 17.1 Å². The van der Waals surface area contributed by atoms with Crippen LogP contribution in [0.1, 0.15) is 5.89 Å². The van der Waals surface area contributed by atoms with E-state index in [1.54, 1.807) is 13.3 Å². The van der Waals surface area contributed by atoms with Crippen LogP contribution in [0.4, 0.5) is 5.69 Å². The van der Waals surface area contributed by atoms with Gasteiger partial charge in [-0.2, -0.15) is 0 Å². The number of aromatic nitrogens is 1. The number of benzene rings is 2. The van der Waals surface area contributed by atoms with Gasteiger partial charge in [0.05, 0.1) is 25.5 Å². The van der Waals surface area contributed by atoms with Gasteiger partial charge >= 0.3 is 0 Å². The van der Waals surface area contributed by atoms with Gasteiger partial charge in [0, 0.05) is 10.0 Å². The zero-order valence-corrected chi connectivity index (χ0v) is 13.6. The minimum Gasteiger partial charge on any atom is -0.495 e. The Labute approximate surface area is 137 Å². The fraction of sp³-hybridized carbons (Fsp3) is 0.118. The van der Waals surface area contributed by atoms with Gasteiger partial charge in [-0.3, -0.25) is 0 Å². The third-order valence-electron chi connectivity index (χ3n) is 3.23. The quantitative estimate of drug-likeness (QED) is 0.716. The molecule has 1 N–H and O–H groups in total. The molecule has 112 valence electrons. The van der Waals surface area contributed by atoms with E-state index in [1.165, 1.54) is 0 Å². The van der Waals surface area contributed by atoms with Crippen molar-refractivity contribution in [1.82, 2.24) is 4.98 Å². The molecule has 0 aliphatic heterocycles. The molecule has 3 aromatic rings. The highest BCUT2D eigenvalue weighted by molar-refractivity contribution is 9.10. The molecule has 0 atom stereocenters. The van der Waals surface area contributed by atoms with Gasteiger partial charge in [-0.05, 0) is 18.2 Å². The zero-order valence-electron chi connectivity index (χ0n) is 12.0. The maximum Gasteiger partial charge on any atom is 0.214 e. The van der Waals surface area contributed by atoms with Gasteiger partial charge in [0.2, 0.25) is 5.89 Å². The summed E-state index contributed by atoms with van der Waals surface area (Å²) in [5, 5.41) is 3.27. The van der Waals surface area contributed by atoms with Gasteiger partial charge in [0.1, 0.15) is 5.75 Å². The first-order valence-corrected chi connectivity index (χ1v) is 7.63. The lowest BCUT2D eigenvalue weighted by Gasteiger charge is -2.08. The lowest BCUT2D eigenvalue weighted by atomic mass is 10.2. The topological polar surface area (TPSA) is 47.3 Å². The molecular weight excluding hydrogens is 344 g/mol. The maximum absolute atomic E-state index is 5.80. The van der Waals surface area contributed by atoms with Crippen LogP contribution in [0, 0.1) is 0 Å². The van der Waals surface area contributed by atoms with E-state index in [1.807, 2.05) is 48.5 Å². The fourth-order valence-electron chi connectivity index (χ4n) is 2.14. The summed E-state index contributed by atoms with van der Waals surface area (Å²) in [5.41, 5.74) is 1.89. The zero-order chi connectivity index (χ0) is 15.4. The number of nitrogens with one attached hydrogen (secondary N) is 1. The van der Waals surface area contributed by atoms with Crippen molar-refractivity contribution in [2.75, 3.05) is 12.4 Å². The minimum absolute atomic E-state index is 0.491. The van der Waals surface area contributed by atoms with Gasteiger partial charge in [-0.25, -0.2) is 4.98 Å². The highest BCUT2D eigenvalue weighted by Gasteiger charge is 2.09. The first-order chi connectivity index (χ1) is 10.8. The molecule has 22 heavy (non-hydrogen) atoms. The summed E-state index contributed by atoms with van der Waals surface area (Å²) in [7, 11) is 1.65. The van der Waals surface area contributed by atoms with E-state index in [4.69, 9.17) is 9.15 Å². The van der Waals surface area contributed by atoms with Crippen LogP contribution < -0.4 is 10.1 Å². The second kappa shape index (κ2) is 6.66. The molecule has 0 amide bonds. The maximum atomic E-state index is 5.80. The summed E-state index contributed by atoms with van der Waals surface area (Å²) in [6.45, 7) is 0.491. The van der Waals surface area contributed by atoms with Crippen LogP contribution in [0.5, 0.6) is 5.75 Å². The van der Waals surface area contributed by atoms with Crippen LogP contribution in [-0.4, -0.2) is 12.1 Å². The summed E-state index contributed by atoms with van der Waals surface area (Å²) >= 11 is 3.52. The third kappa shape index (κ3) is 3.14. The van der Waals surface area contributed by atoms with Crippen molar-refractivity contribution < 1.29 is 9.15 Å². The fourth-order valence-corrected chi connectivity index (χ4v) is 2.62. The molecule has 0 radical (unpaired) electrons. The van der Waals surface area contributed by atoms with Crippen LogP contribution in [0.2, 0.25) is 0 Å². The normalized spacial score (nSPS) is 10.5. The number of anilines is 1. The number of hydrogen-bond donors (Lipinski definition) is 1. The minimum atomic E-state index is 0.491. The van der Waals surface area contributed by atoms with Crippen LogP contribution in [0.15, 0.2) is 63.6 Å². The van der Waals surface area contributed by atoms with E-state index in [0.717, 1.165) is 27.2 Å². The summed E-state index contributed by atoms with van der Waals surface area (Å²) < 4.78 is 12.1. The van der Waals surface area contributed by atoms with E-state index in [0.29, 0.717) is 12.4 Å². The van der Waals surface area contributed by atoms with Crippen LogP contribution >= 0.6 is 15.9 Å². The van der Waals surface area contributed by atoms with E-state index < -0.39 is 0 Å². The highest BCUT2D eigenvalue weighted by atomic mass is 79.9. The average Bonchev–Trinajstić information content (AvgIpc) is 3.02. The number of oxazole rings is 1. The van der Waals surface area contributed by atoms with E-state index >= 15 is 0 Å². The van der Waals surface area contributed by atoms with E-state index in [2.05, 4.69) is 26.2 Å². The summed E-state index contributed by atoms with van der Waals surface area (Å²) in [6.07, 6.45) is 1.74. The second-order valence-electron chi connectivity index (χ2n) is 4.65. The van der Waals surface area contributed by atoms with E-state index in [9.17, 15) is 0 Å². The summed E-state index contributed by atoms with van der Waals surface area (Å²) in [4.78, 5) is 4.31. The molecule has 5 heteroatoms. The van der Waals surface area contributed by atoms with Crippen LogP contribution in [0.3, 0.4) is 0 Å². The predicted octanol–water partition coefficient (Wildman–Crippen LogP) is 4.72. The number of methoxy groups -OCH3 is 1. The molecule has 4 nitrogen and oxygen atoms in total. The Morgan fingerprint density at radius 1 is 1.14 bits per heavy atom. The Kier molecular flexibility index (Phi) is 4.44. The Bertz CT molecular complexity index is 771. The second-order valence-corrected chi connectivity index (χ2v) is 5.51. The number of ether oxygens (including phenoxy) is 1. The Hall–Kier alpha value is -2.27. The molecule has 1 aromatic heterocycles. The predicted molar refractivity (Wildman–Crippen MR) is 90.0 cm³/mol. The lowest BCUT2D eigenvalue weighted by Crippen LogP contribution is -2.01. The number of halogens is 1. The number of rotatable bonds is 5. The average molecular weight is 359 g/mol. The van der Waals surface area contributed by atoms with Crippen LogP contribution in [-0.2, 0) is 6.54 Å². The Balaban J connectivity index is 1.74. The molecule has 2 aromatic carbocycles. The molecule has 1 heterocycles. The van der Waals surface area contributed by atoms with Crippen molar-refractivity contribution in [3.05, 3.63) is 65.1 Å². The van der Waals surface area contributed by atoms with Crippen molar-refractivity contribution in [1.29, 1.82) is 0 Å². The molecule has 0 saturated heterocycles. The molecule has 0 spiro atoms. The molecular formula is C17H15BrN2O2. The molecule has 0 aliphatic carbocycles. The van der Waals surface area contributed by atoms with Gasteiger partial charge in [-0.15, -0.1) is 0 Å². The number of nitrogens with zero attached hydrogens (tertiary/aromatic N) is 1. The number of para-hydroxylation sites is 2. The first-order valence-electron chi connectivity index (χ1n) is 6.84. The van der Waals surface area contributed by atoms with Crippen molar-refractivity contribution >= 4 is 21.6 Å². The van der Waals surface area contributed by atoms with Crippen LogP contribution in [0.25, 0.3) is 11.3 Å². The van der Waals surface area contributed by atoms with Gasteiger partial charge in [0.25, 0.3) is 0 Å². The number of hydrogen-bond acceptors (Lipinski definition) is 4. The molecule has 0 unspecified atom stereocenters. The SMILES string of the molecule is COc1ccccc1NCc1ncc(-c2ccccc2Br)o1. The Morgan fingerprint density at radius 2 is 1.91 bits per heavy atom. The summed E-state index contributed by atoms with van der Waals surface area (Å²) in [6, 6.07) is 15.6. The van der Waals surface area contributed by atoms with Gasteiger partial charge in [0.15, 0.2) is 5.76 Å². The van der Waals surface area contributed by atoms with Crippen molar-refractivity contribution in [3.63, 3.8) is 0 Å². The Morgan fingerprint density at radius 3 is 2.73 bits per heavy atom. The van der Waals surface area contributed by atoms with Crippen molar-refractivity contribution in [2.24, 2.45) is 0 Å². The molecule has 3 rings (SSSR count). The summed E-state index contributed by atoms with van der Waals surface area (Å²) in [5.74, 6) is 2.15. The van der Waals surface area contributed by atoms with E-state index in [-0.39, 0.29) is 0 Å². The smallest absolute Gasteiger partial charge is 0.214 e. The molecule has 0 saturated carbocycles. The third-order valence-corrected chi connectivity index (χ3v) is 3.92. The van der Waals surface area contributed by atoms with Crippen molar-refractivity contribution in [2.45, 2.75) is 6.54 Å². The monoisotopic (exact) mass is 358 g/mol. The van der Waals surface area contributed by atoms with Gasteiger partial charge in [-0.1, -0.05) is 46.3 Å². The van der Waals surface area contributed by atoms with Gasteiger partial charge < -0.3 is 14.5 Å². The lowest BCUT2D eigenvalue weighted by molar-refractivity contribution is 0.416. The largest absolute Gasteiger partial charge is 0.495 e. The molecule has 0 aliphatic rings. The first kappa shape index (κ1) is 14.7. The standard InChI is InChI=1S/C17H15BrN2O2/c1-21-15-9-5-4-8-14(15)19-11-17-20-10-16(22-17)12-6-2-3-7-13(12)18/h2-10,19H,11H2,1H3. The molecule has 0 bridgehead atoms.